The van der Waals surface area contributed by atoms with Crippen LogP contribution in [0.5, 0.6) is 0 Å². The van der Waals surface area contributed by atoms with E-state index in [1.807, 2.05) is 6.07 Å². The van der Waals surface area contributed by atoms with Gasteiger partial charge in [-0.15, -0.1) is 0 Å². The Morgan fingerprint density at radius 2 is 1.94 bits per heavy atom. The molecule has 0 saturated carbocycles. The third kappa shape index (κ3) is 3.04. The molecule has 1 fully saturated rings. The minimum absolute atomic E-state index is 0.229. The number of benzene rings is 1. The molecule has 1 aliphatic heterocycles. The molecule has 0 amide bonds. The lowest BCUT2D eigenvalue weighted by atomic mass is 9.90. The molecule has 0 bridgehead atoms. The fraction of sp³-hybridized carbons (Fsp3) is 0.500. The van der Waals surface area contributed by atoms with Gasteiger partial charge in [-0.05, 0) is 36.5 Å². The second-order valence-electron chi connectivity index (χ2n) is 4.49. The van der Waals surface area contributed by atoms with Crippen molar-refractivity contribution >= 4 is 10.0 Å². The van der Waals surface area contributed by atoms with Gasteiger partial charge in [-0.1, -0.05) is 12.1 Å². The Morgan fingerprint density at radius 1 is 1.29 bits per heavy atom. The number of piperidine rings is 1. The number of halogens is 1. The van der Waals surface area contributed by atoms with E-state index in [2.05, 4.69) is 0 Å². The van der Waals surface area contributed by atoms with Crippen LogP contribution < -0.4 is 0 Å². The molecule has 0 aromatic heterocycles. The molecule has 94 valence electrons. The van der Waals surface area contributed by atoms with E-state index in [-0.39, 0.29) is 11.7 Å². The Labute approximate surface area is 101 Å². The summed E-state index contributed by atoms with van der Waals surface area (Å²) in [5, 5.41) is 0. The van der Waals surface area contributed by atoms with Gasteiger partial charge in [0, 0.05) is 13.1 Å². The van der Waals surface area contributed by atoms with E-state index in [4.69, 9.17) is 0 Å². The quantitative estimate of drug-likeness (QED) is 0.812. The molecular formula is C12H16FNO2S. The molecule has 0 unspecified atom stereocenters. The summed E-state index contributed by atoms with van der Waals surface area (Å²) in [6.45, 7) is 1.06. The van der Waals surface area contributed by atoms with E-state index in [1.165, 1.54) is 16.6 Å². The molecule has 1 heterocycles. The Kier molecular flexibility index (Phi) is 3.49. The van der Waals surface area contributed by atoms with Gasteiger partial charge in [-0.2, -0.15) is 0 Å². The van der Waals surface area contributed by atoms with Crippen molar-refractivity contribution in [1.29, 1.82) is 0 Å². The van der Waals surface area contributed by atoms with Crippen LogP contribution >= 0.6 is 0 Å². The van der Waals surface area contributed by atoms with Crippen LogP contribution in [-0.2, 0) is 10.0 Å². The molecule has 3 nitrogen and oxygen atoms in total. The van der Waals surface area contributed by atoms with Crippen molar-refractivity contribution < 1.29 is 12.8 Å². The van der Waals surface area contributed by atoms with Crippen LogP contribution in [0.3, 0.4) is 0 Å². The van der Waals surface area contributed by atoms with Crippen LogP contribution in [0.4, 0.5) is 4.39 Å². The van der Waals surface area contributed by atoms with Gasteiger partial charge in [-0.25, -0.2) is 17.1 Å². The van der Waals surface area contributed by atoms with Gasteiger partial charge in [0.15, 0.2) is 0 Å². The monoisotopic (exact) mass is 257 g/mol. The summed E-state index contributed by atoms with van der Waals surface area (Å²) >= 11 is 0. The van der Waals surface area contributed by atoms with Crippen LogP contribution in [0.25, 0.3) is 0 Å². The second kappa shape index (κ2) is 4.74. The molecule has 2 rings (SSSR count). The van der Waals surface area contributed by atoms with E-state index in [0.717, 1.165) is 18.4 Å². The zero-order valence-corrected chi connectivity index (χ0v) is 10.6. The van der Waals surface area contributed by atoms with Crippen LogP contribution in [-0.4, -0.2) is 32.1 Å². The Balaban J connectivity index is 2.05. The van der Waals surface area contributed by atoms with Crippen LogP contribution in [0.2, 0.25) is 0 Å². The molecule has 5 heteroatoms. The van der Waals surface area contributed by atoms with Gasteiger partial charge in [-0.3, -0.25) is 0 Å². The normalized spacial score (nSPS) is 19.4. The SMILES string of the molecule is CS(=O)(=O)N1CCC(c2cccc(F)c2)CC1. The average molecular weight is 257 g/mol. The molecule has 0 aliphatic carbocycles. The largest absolute Gasteiger partial charge is 0.213 e. The summed E-state index contributed by atoms with van der Waals surface area (Å²) in [6, 6.07) is 6.58. The van der Waals surface area contributed by atoms with Gasteiger partial charge < -0.3 is 0 Å². The summed E-state index contributed by atoms with van der Waals surface area (Å²) < 4.78 is 37.3. The fourth-order valence-corrected chi connectivity index (χ4v) is 3.16. The highest BCUT2D eigenvalue weighted by Gasteiger charge is 2.25. The Morgan fingerprint density at radius 3 is 2.47 bits per heavy atom. The van der Waals surface area contributed by atoms with Crippen molar-refractivity contribution in [3.05, 3.63) is 35.6 Å². The standard InChI is InChI=1S/C12H16FNO2S/c1-17(15,16)14-7-5-10(6-8-14)11-3-2-4-12(13)9-11/h2-4,9-10H,5-8H2,1H3. The highest BCUT2D eigenvalue weighted by atomic mass is 32.2. The first kappa shape index (κ1) is 12.5. The average Bonchev–Trinajstić information content (AvgIpc) is 2.28. The first-order chi connectivity index (χ1) is 7.97. The summed E-state index contributed by atoms with van der Waals surface area (Å²) in [6.07, 6.45) is 2.75. The topological polar surface area (TPSA) is 37.4 Å². The molecule has 0 atom stereocenters. The lowest BCUT2D eigenvalue weighted by Crippen LogP contribution is -2.37. The maximum Gasteiger partial charge on any atom is 0.211 e. The lowest BCUT2D eigenvalue weighted by Gasteiger charge is -2.30. The molecule has 17 heavy (non-hydrogen) atoms. The van der Waals surface area contributed by atoms with Crippen LogP contribution in [0.1, 0.15) is 24.3 Å². The molecule has 0 radical (unpaired) electrons. The molecule has 1 aromatic rings. The fourth-order valence-electron chi connectivity index (χ4n) is 2.28. The molecule has 0 spiro atoms. The van der Waals surface area contributed by atoms with Crippen molar-refractivity contribution in [2.24, 2.45) is 0 Å². The van der Waals surface area contributed by atoms with Gasteiger partial charge in [0.2, 0.25) is 10.0 Å². The van der Waals surface area contributed by atoms with Gasteiger partial charge in [0.05, 0.1) is 6.26 Å². The first-order valence-electron chi connectivity index (χ1n) is 5.67. The predicted octanol–water partition coefficient (Wildman–Crippen LogP) is 1.96. The second-order valence-corrected chi connectivity index (χ2v) is 6.47. The smallest absolute Gasteiger partial charge is 0.211 e. The minimum Gasteiger partial charge on any atom is -0.213 e. The minimum atomic E-state index is -3.08. The van der Waals surface area contributed by atoms with Crippen molar-refractivity contribution in [2.45, 2.75) is 18.8 Å². The summed E-state index contributed by atoms with van der Waals surface area (Å²) in [5.74, 6) is 0.0387. The highest BCUT2D eigenvalue weighted by Crippen LogP contribution is 2.29. The number of rotatable bonds is 2. The van der Waals surface area contributed by atoms with Gasteiger partial charge >= 0.3 is 0 Å². The van der Waals surface area contributed by atoms with Crippen LogP contribution in [0, 0.1) is 5.82 Å². The number of sulfonamides is 1. The molecular weight excluding hydrogens is 241 g/mol. The number of nitrogens with zero attached hydrogens (tertiary/aromatic N) is 1. The zero-order valence-electron chi connectivity index (χ0n) is 9.77. The lowest BCUT2D eigenvalue weighted by molar-refractivity contribution is 0.321. The van der Waals surface area contributed by atoms with E-state index >= 15 is 0 Å². The molecule has 1 aromatic carbocycles. The third-order valence-corrected chi connectivity index (χ3v) is 4.55. The zero-order chi connectivity index (χ0) is 12.5. The van der Waals surface area contributed by atoms with Crippen molar-refractivity contribution in [1.82, 2.24) is 4.31 Å². The van der Waals surface area contributed by atoms with Gasteiger partial charge in [0.1, 0.15) is 5.82 Å². The summed E-state index contributed by atoms with van der Waals surface area (Å²) in [4.78, 5) is 0. The highest BCUT2D eigenvalue weighted by molar-refractivity contribution is 7.88. The van der Waals surface area contributed by atoms with Crippen molar-refractivity contribution in [2.75, 3.05) is 19.3 Å². The molecule has 1 saturated heterocycles. The Hall–Kier alpha value is -0.940. The third-order valence-electron chi connectivity index (χ3n) is 3.24. The number of hydrogen-bond donors (Lipinski definition) is 0. The first-order valence-corrected chi connectivity index (χ1v) is 7.52. The van der Waals surface area contributed by atoms with Crippen molar-refractivity contribution in [3.8, 4) is 0 Å². The maximum atomic E-state index is 13.1. The molecule has 0 N–H and O–H groups in total. The van der Waals surface area contributed by atoms with Gasteiger partial charge in [0.25, 0.3) is 0 Å². The molecule has 1 aliphatic rings. The summed E-state index contributed by atoms with van der Waals surface area (Å²) in [7, 11) is -3.08. The number of hydrogen-bond acceptors (Lipinski definition) is 2. The van der Waals surface area contributed by atoms with E-state index in [0.29, 0.717) is 13.1 Å². The van der Waals surface area contributed by atoms with E-state index in [9.17, 15) is 12.8 Å². The van der Waals surface area contributed by atoms with E-state index in [1.54, 1.807) is 12.1 Å². The Bertz CT molecular complexity index is 493. The van der Waals surface area contributed by atoms with Crippen LogP contribution in [0.15, 0.2) is 24.3 Å². The summed E-state index contributed by atoms with van der Waals surface area (Å²) in [5.41, 5.74) is 0.971. The maximum absolute atomic E-state index is 13.1. The van der Waals surface area contributed by atoms with E-state index < -0.39 is 10.0 Å². The predicted molar refractivity (Wildman–Crippen MR) is 64.8 cm³/mol. The van der Waals surface area contributed by atoms with Crippen molar-refractivity contribution in [3.63, 3.8) is 0 Å².